The maximum atomic E-state index is 13.6. The van der Waals surface area contributed by atoms with Gasteiger partial charge in [0, 0.05) is 32.3 Å². The van der Waals surface area contributed by atoms with E-state index in [1.807, 2.05) is 6.92 Å². The maximum absolute atomic E-state index is 13.6. The molecule has 0 heterocycles. The van der Waals surface area contributed by atoms with Crippen LogP contribution in [0.4, 0.5) is 4.39 Å². The first-order chi connectivity index (χ1) is 12.7. The van der Waals surface area contributed by atoms with E-state index in [0.717, 1.165) is 6.54 Å². The molecule has 1 atom stereocenters. The first-order valence-electron chi connectivity index (χ1n) is 9.28. The van der Waals surface area contributed by atoms with Crippen molar-refractivity contribution in [2.24, 2.45) is 10.4 Å². The highest BCUT2D eigenvalue weighted by Gasteiger charge is 2.24. The molecule has 0 aromatic heterocycles. The summed E-state index contributed by atoms with van der Waals surface area (Å²) < 4.78 is 19.1. The molecule has 0 bridgehead atoms. The lowest BCUT2D eigenvalue weighted by Gasteiger charge is -2.28. The Morgan fingerprint density at radius 3 is 2.44 bits per heavy atom. The van der Waals surface area contributed by atoms with Gasteiger partial charge in [0.1, 0.15) is 5.82 Å². The molecule has 1 aromatic rings. The molecular weight excluding hydrogens is 347 g/mol. The minimum Gasteiger partial charge on any atom is -0.379 e. The van der Waals surface area contributed by atoms with Gasteiger partial charge in [-0.2, -0.15) is 0 Å². The van der Waals surface area contributed by atoms with Crippen molar-refractivity contribution in [2.75, 3.05) is 33.3 Å². The summed E-state index contributed by atoms with van der Waals surface area (Å²) in [5, 5.41) is 9.11. The Labute approximate surface area is 162 Å². The van der Waals surface area contributed by atoms with Crippen molar-refractivity contribution in [3.8, 4) is 0 Å². The fraction of sp³-hybridized carbons (Fsp3) is 0.600. The summed E-state index contributed by atoms with van der Waals surface area (Å²) in [6.45, 7) is 12.1. The number of rotatable bonds is 8. The predicted molar refractivity (Wildman–Crippen MR) is 108 cm³/mol. The van der Waals surface area contributed by atoms with E-state index in [1.165, 1.54) is 6.07 Å². The third-order valence-corrected chi connectivity index (χ3v) is 4.15. The van der Waals surface area contributed by atoms with Crippen LogP contribution in [-0.4, -0.2) is 51.3 Å². The van der Waals surface area contributed by atoms with Gasteiger partial charge in [0.05, 0.1) is 12.6 Å². The van der Waals surface area contributed by atoms with Gasteiger partial charge in [-0.25, -0.2) is 4.39 Å². The fourth-order valence-electron chi connectivity index (χ4n) is 2.41. The number of carbonyl (C=O) groups excluding carboxylic acids is 1. The Balaban J connectivity index is 2.51. The minimum atomic E-state index is -0.381. The Morgan fingerprint density at radius 1 is 1.22 bits per heavy atom. The third kappa shape index (κ3) is 7.95. The number of aryl methyl sites for hydroxylation is 1. The third-order valence-electron chi connectivity index (χ3n) is 4.15. The number of halogens is 1. The molecule has 0 fully saturated rings. The molecule has 0 aliphatic heterocycles. The van der Waals surface area contributed by atoms with Crippen molar-refractivity contribution in [3.05, 3.63) is 35.1 Å². The smallest absolute Gasteiger partial charge is 0.251 e. The van der Waals surface area contributed by atoms with E-state index in [2.05, 4.69) is 41.7 Å². The van der Waals surface area contributed by atoms with Gasteiger partial charge < -0.3 is 20.7 Å². The van der Waals surface area contributed by atoms with Gasteiger partial charge in [-0.15, -0.1) is 0 Å². The molecule has 7 heteroatoms. The Morgan fingerprint density at radius 2 is 1.89 bits per heavy atom. The van der Waals surface area contributed by atoms with Crippen LogP contribution in [0.15, 0.2) is 23.2 Å². The molecule has 0 aliphatic carbocycles. The van der Waals surface area contributed by atoms with Gasteiger partial charge in [0.25, 0.3) is 5.91 Å². The number of carbonyl (C=O) groups is 1. The second kappa shape index (κ2) is 10.9. The summed E-state index contributed by atoms with van der Waals surface area (Å²) in [6, 6.07) is 4.46. The van der Waals surface area contributed by atoms with Gasteiger partial charge in [0.2, 0.25) is 0 Å². The van der Waals surface area contributed by atoms with E-state index < -0.39 is 0 Å². The lowest BCUT2D eigenvalue weighted by molar-refractivity contribution is 0.0241. The number of nitrogens with one attached hydrogen (secondary N) is 3. The highest BCUT2D eigenvalue weighted by molar-refractivity contribution is 5.94. The molecule has 152 valence electrons. The van der Waals surface area contributed by atoms with Crippen molar-refractivity contribution < 1.29 is 13.9 Å². The topological polar surface area (TPSA) is 74.8 Å². The number of methoxy groups -OCH3 is 1. The number of guanidine groups is 1. The predicted octanol–water partition coefficient (Wildman–Crippen LogP) is 2.48. The van der Waals surface area contributed by atoms with Crippen molar-refractivity contribution >= 4 is 11.9 Å². The lowest BCUT2D eigenvalue weighted by atomic mass is 9.89. The van der Waals surface area contributed by atoms with E-state index in [1.54, 1.807) is 26.2 Å². The fourth-order valence-corrected chi connectivity index (χ4v) is 2.41. The number of amides is 1. The number of hydrogen-bond donors (Lipinski definition) is 3. The van der Waals surface area contributed by atoms with E-state index in [-0.39, 0.29) is 23.2 Å². The summed E-state index contributed by atoms with van der Waals surface area (Å²) in [4.78, 5) is 16.6. The van der Waals surface area contributed by atoms with Crippen LogP contribution >= 0.6 is 0 Å². The average molecular weight is 381 g/mol. The molecule has 1 rings (SSSR count). The first kappa shape index (κ1) is 22.9. The van der Waals surface area contributed by atoms with E-state index in [0.29, 0.717) is 36.7 Å². The molecule has 0 saturated heterocycles. The van der Waals surface area contributed by atoms with Crippen LogP contribution in [0.2, 0.25) is 0 Å². The van der Waals surface area contributed by atoms with Gasteiger partial charge >= 0.3 is 0 Å². The Bertz CT molecular complexity index is 641. The molecule has 1 unspecified atom stereocenters. The van der Waals surface area contributed by atoms with Crippen molar-refractivity contribution in [1.29, 1.82) is 0 Å². The molecular formula is C20H33FN4O2. The van der Waals surface area contributed by atoms with Crippen molar-refractivity contribution in [2.45, 2.75) is 40.7 Å². The SMILES string of the molecule is CCNC(=NCC(OC)C(C)(C)C)NCCNC(=O)c1ccc(C)c(F)c1. The lowest BCUT2D eigenvalue weighted by Crippen LogP contribution is -2.42. The molecule has 0 saturated carbocycles. The van der Waals surface area contributed by atoms with Crippen molar-refractivity contribution in [1.82, 2.24) is 16.0 Å². The zero-order chi connectivity index (χ0) is 20.4. The number of hydrogen-bond acceptors (Lipinski definition) is 3. The van der Waals surface area contributed by atoms with Crippen LogP contribution in [0, 0.1) is 18.2 Å². The quantitative estimate of drug-likeness (QED) is 0.368. The Hall–Kier alpha value is -2.15. The molecule has 27 heavy (non-hydrogen) atoms. The van der Waals surface area contributed by atoms with E-state index in [9.17, 15) is 9.18 Å². The van der Waals surface area contributed by atoms with E-state index in [4.69, 9.17) is 4.74 Å². The van der Waals surface area contributed by atoms with Crippen LogP contribution in [0.5, 0.6) is 0 Å². The van der Waals surface area contributed by atoms with Crippen LogP contribution in [0.3, 0.4) is 0 Å². The van der Waals surface area contributed by atoms with Gasteiger partial charge in [-0.05, 0) is 37.0 Å². The number of benzene rings is 1. The van der Waals surface area contributed by atoms with Crippen LogP contribution in [0.1, 0.15) is 43.6 Å². The second-order valence-corrected chi connectivity index (χ2v) is 7.46. The van der Waals surface area contributed by atoms with Crippen molar-refractivity contribution in [3.63, 3.8) is 0 Å². The molecule has 1 amide bonds. The monoisotopic (exact) mass is 380 g/mol. The highest BCUT2D eigenvalue weighted by Crippen LogP contribution is 2.21. The summed E-state index contributed by atoms with van der Waals surface area (Å²) >= 11 is 0. The summed E-state index contributed by atoms with van der Waals surface area (Å²) in [5.41, 5.74) is 0.823. The second-order valence-electron chi connectivity index (χ2n) is 7.46. The summed E-state index contributed by atoms with van der Waals surface area (Å²) in [7, 11) is 1.69. The minimum absolute atomic E-state index is 0.00379. The first-order valence-corrected chi connectivity index (χ1v) is 9.28. The molecule has 1 aromatic carbocycles. The van der Waals surface area contributed by atoms with Gasteiger partial charge in [0.15, 0.2) is 5.96 Å². The largest absolute Gasteiger partial charge is 0.379 e. The number of aliphatic imine (C=N–C) groups is 1. The van der Waals surface area contributed by atoms with E-state index >= 15 is 0 Å². The van der Waals surface area contributed by atoms with Crippen LogP contribution in [0.25, 0.3) is 0 Å². The molecule has 0 radical (unpaired) electrons. The highest BCUT2D eigenvalue weighted by atomic mass is 19.1. The van der Waals surface area contributed by atoms with Gasteiger partial charge in [-0.3, -0.25) is 9.79 Å². The molecule has 0 aliphatic rings. The molecule has 3 N–H and O–H groups in total. The Kier molecular flexibility index (Phi) is 9.21. The average Bonchev–Trinajstić information content (AvgIpc) is 2.60. The van der Waals surface area contributed by atoms with Crippen LogP contribution < -0.4 is 16.0 Å². The molecule has 6 nitrogen and oxygen atoms in total. The summed E-state index contributed by atoms with van der Waals surface area (Å²) in [5.74, 6) is -0.0156. The zero-order valence-corrected chi connectivity index (χ0v) is 17.3. The zero-order valence-electron chi connectivity index (χ0n) is 17.3. The molecule has 0 spiro atoms. The van der Waals surface area contributed by atoms with Gasteiger partial charge in [-0.1, -0.05) is 26.8 Å². The van der Waals surface area contributed by atoms with Crippen LogP contribution in [-0.2, 0) is 4.74 Å². The summed E-state index contributed by atoms with van der Waals surface area (Å²) in [6.07, 6.45) is 0.00379. The number of ether oxygens (including phenoxy) is 1. The standard InChI is InChI=1S/C20H33FN4O2/c1-7-22-19(25-13-17(27-6)20(3,4)5)24-11-10-23-18(26)15-9-8-14(2)16(21)12-15/h8-9,12,17H,7,10-11,13H2,1-6H3,(H,23,26)(H2,22,24,25). The normalized spacial score (nSPS) is 13.2. The maximum Gasteiger partial charge on any atom is 0.251 e. The number of nitrogens with zero attached hydrogens (tertiary/aromatic N) is 1.